The van der Waals surface area contributed by atoms with Crippen LogP contribution < -0.4 is 0 Å². The van der Waals surface area contributed by atoms with Crippen LogP contribution in [0.4, 0.5) is 0 Å². The average molecular weight is 316 g/mol. The van der Waals surface area contributed by atoms with Gasteiger partial charge < -0.3 is 5.11 Å². The maximum Gasteiger partial charge on any atom is 0.155 e. The zero-order chi connectivity index (χ0) is 16.4. The van der Waals surface area contributed by atoms with Crippen molar-refractivity contribution in [2.75, 3.05) is 6.61 Å². The molecule has 128 valence electrons. The number of fused-ring (bicyclic) bond motifs is 5. The highest BCUT2D eigenvalue weighted by Crippen LogP contribution is 2.67. The highest BCUT2D eigenvalue weighted by molar-refractivity contribution is 5.92. The fraction of sp³-hybridized carbons (Fsp3) is 0.857. The lowest BCUT2D eigenvalue weighted by Crippen LogP contribution is -2.57. The van der Waals surface area contributed by atoms with Crippen LogP contribution in [0.25, 0.3) is 0 Å². The van der Waals surface area contributed by atoms with E-state index < -0.39 is 0 Å². The number of hydrogen-bond acceptors (Lipinski definition) is 2. The van der Waals surface area contributed by atoms with Crippen LogP contribution in [0.5, 0.6) is 0 Å². The zero-order valence-electron chi connectivity index (χ0n) is 15.0. The third kappa shape index (κ3) is 2.00. The summed E-state index contributed by atoms with van der Waals surface area (Å²) in [5.74, 6) is 3.41. The molecule has 1 N–H and O–H groups in total. The van der Waals surface area contributed by atoms with Gasteiger partial charge in [-0.1, -0.05) is 32.8 Å². The van der Waals surface area contributed by atoms with Crippen LogP contribution >= 0.6 is 0 Å². The molecule has 4 aliphatic carbocycles. The molecule has 0 aliphatic heterocycles. The van der Waals surface area contributed by atoms with E-state index in [-0.39, 0.29) is 17.8 Å². The number of aliphatic hydroxyl groups excluding tert-OH is 1. The largest absolute Gasteiger partial charge is 0.395 e. The molecule has 0 spiro atoms. The standard InChI is InChI=1S/C21H32O2/c1-13-9-15-11-16(23)10-14(2)21(15,12-22)18-6-8-20(3)7-4-5-17(20)19(13)18/h11,13-14,17-19,22H,4-10,12H2,1-3H3/t13-,14+,17+,18+,19+,20+,21+/m1/s1. The number of ketones is 1. The molecule has 23 heavy (non-hydrogen) atoms. The summed E-state index contributed by atoms with van der Waals surface area (Å²) in [6.07, 6.45) is 10.3. The Kier molecular flexibility index (Phi) is 3.58. The van der Waals surface area contributed by atoms with Crippen LogP contribution in [0.3, 0.4) is 0 Å². The van der Waals surface area contributed by atoms with Gasteiger partial charge in [-0.25, -0.2) is 0 Å². The Bertz CT molecular complexity index is 550. The van der Waals surface area contributed by atoms with E-state index in [1.165, 1.54) is 37.7 Å². The molecule has 0 aromatic heterocycles. The van der Waals surface area contributed by atoms with Crippen molar-refractivity contribution in [3.05, 3.63) is 11.6 Å². The summed E-state index contributed by atoms with van der Waals surface area (Å²) in [5, 5.41) is 10.5. The Labute approximate surface area is 140 Å². The summed E-state index contributed by atoms with van der Waals surface area (Å²) in [5.41, 5.74) is 1.73. The summed E-state index contributed by atoms with van der Waals surface area (Å²) in [6.45, 7) is 7.40. The van der Waals surface area contributed by atoms with Gasteiger partial charge in [-0.3, -0.25) is 4.79 Å². The summed E-state index contributed by atoms with van der Waals surface area (Å²) in [6, 6.07) is 0. The van der Waals surface area contributed by atoms with E-state index in [0.29, 0.717) is 29.6 Å². The summed E-state index contributed by atoms with van der Waals surface area (Å²) in [7, 11) is 0. The van der Waals surface area contributed by atoms with Crippen molar-refractivity contribution in [2.45, 2.75) is 65.7 Å². The Balaban J connectivity index is 1.80. The van der Waals surface area contributed by atoms with Gasteiger partial charge >= 0.3 is 0 Å². The van der Waals surface area contributed by atoms with Gasteiger partial charge in [-0.05, 0) is 73.2 Å². The fourth-order valence-corrected chi connectivity index (χ4v) is 7.48. The van der Waals surface area contributed by atoms with Gasteiger partial charge in [0, 0.05) is 11.8 Å². The third-order valence-electron chi connectivity index (χ3n) is 8.56. The monoisotopic (exact) mass is 316 g/mol. The molecule has 4 aliphatic rings. The molecule has 3 fully saturated rings. The van der Waals surface area contributed by atoms with Gasteiger partial charge in [0.05, 0.1) is 6.61 Å². The minimum absolute atomic E-state index is 0.102. The second-order valence-corrected chi connectivity index (χ2v) is 9.50. The smallest absolute Gasteiger partial charge is 0.155 e. The lowest BCUT2D eigenvalue weighted by Gasteiger charge is -2.61. The molecule has 0 saturated heterocycles. The normalized spacial score (nSPS) is 52.4. The van der Waals surface area contributed by atoms with Crippen LogP contribution in [0, 0.1) is 40.4 Å². The lowest BCUT2D eigenvalue weighted by atomic mass is 9.43. The van der Waals surface area contributed by atoms with Crippen molar-refractivity contribution in [1.29, 1.82) is 0 Å². The quantitative estimate of drug-likeness (QED) is 0.780. The summed E-state index contributed by atoms with van der Waals surface area (Å²) < 4.78 is 0. The first-order valence-electron chi connectivity index (χ1n) is 9.77. The predicted octanol–water partition coefficient (Wildman–Crippen LogP) is 4.37. The summed E-state index contributed by atoms with van der Waals surface area (Å²) >= 11 is 0. The maximum absolute atomic E-state index is 12.1. The number of rotatable bonds is 1. The molecule has 0 unspecified atom stereocenters. The molecule has 2 nitrogen and oxygen atoms in total. The molecule has 0 radical (unpaired) electrons. The molecule has 7 atom stereocenters. The molecule has 0 bridgehead atoms. The number of hydrogen-bond donors (Lipinski definition) is 1. The van der Waals surface area contributed by atoms with Crippen LogP contribution in [0.2, 0.25) is 0 Å². The molecule has 4 rings (SSSR count). The molecule has 0 heterocycles. The lowest BCUT2D eigenvalue weighted by molar-refractivity contribution is -0.127. The van der Waals surface area contributed by atoms with E-state index in [1.54, 1.807) is 0 Å². The maximum atomic E-state index is 12.1. The fourth-order valence-electron chi connectivity index (χ4n) is 7.48. The van der Waals surface area contributed by atoms with Gasteiger partial charge in [0.15, 0.2) is 5.78 Å². The van der Waals surface area contributed by atoms with E-state index in [9.17, 15) is 9.90 Å². The van der Waals surface area contributed by atoms with Crippen LogP contribution in [0.15, 0.2) is 11.6 Å². The Hall–Kier alpha value is -0.630. The van der Waals surface area contributed by atoms with E-state index in [1.807, 2.05) is 6.08 Å². The molecule has 2 heteroatoms. The van der Waals surface area contributed by atoms with Crippen molar-refractivity contribution in [2.24, 2.45) is 40.4 Å². The molecule has 0 amide bonds. The van der Waals surface area contributed by atoms with Crippen molar-refractivity contribution < 1.29 is 9.90 Å². The second kappa shape index (κ2) is 5.18. The van der Waals surface area contributed by atoms with Crippen LogP contribution in [-0.4, -0.2) is 17.5 Å². The average Bonchev–Trinajstić information content (AvgIpc) is 2.88. The third-order valence-corrected chi connectivity index (χ3v) is 8.56. The van der Waals surface area contributed by atoms with Gasteiger partial charge in [-0.2, -0.15) is 0 Å². The predicted molar refractivity (Wildman–Crippen MR) is 91.8 cm³/mol. The minimum Gasteiger partial charge on any atom is -0.395 e. The van der Waals surface area contributed by atoms with Gasteiger partial charge in [0.2, 0.25) is 0 Å². The molecular formula is C21H32O2. The zero-order valence-corrected chi connectivity index (χ0v) is 15.0. The van der Waals surface area contributed by atoms with Crippen molar-refractivity contribution in [1.82, 2.24) is 0 Å². The van der Waals surface area contributed by atoms with Crippen LogP contribution in [-0.2, 0) is 4.79 Å². The van der Waals surface area contributed by atoms with E-state index >= 15 is 0 Å². The number of carbonyl (C=O) groups excluding carboxylic acids is 1. The van der Waals surface area contributed by atoms with Gasteiger partial charge in [-0.15, -0.1) is 0 Å². The highest BCUT2D eigenvalue weighted by atomic mass is 16.3. The van der Waals surface area contributed by atoms with Gasteiger partial charge in [0.25, 0.3) is 0 Å². The first-order chi connectivity index (χ1) is 10.9. The number of aliphatic hydroxyl groups is 1. The molecular weight excluding hydrogens is 284 g/mol. The van der Waals surface area contributed by atoms with E-state index in [2.05, 4.69) is 20.8 Å². The molecule has 3 saturated carbocycles. The SMILES string of the molecule is C[C@@H]1CC2=CC(=O)C[C@H](C)[C@]2(CO)[C@H]2CC[C@]3(C)CCC[C@H]3[C@H]12. The van der Waals surface area contributed by atoms with Gasteiger partial charge in [0.1, 0.15) is 0 Å². The molecule has 0 aromatic rings. The Morgan fingerprint density at radius 3 is 2.70 bits per heavy atom. The first kappa shape index (κ1) is 15.9. The van der Waals surface area contributed by atoms with Crippen molar-refractivity contribution >= 4 is 5.78 Å². The van der Waals surface area contributed by atoms with E-state index in [4.69, 9.17) is 0 Å². The summed E-state index contributed by atoms with van der Waals surface area (Å²) in [4.78, 5) is 12.1. The Morgan fingerprint density at radius 2 is 1.96 bits per heavy atom. The number of carbonyl (C=O) groups is 1. The minimum atomic E-state index is -0.102. The van der Waals surface area contributed by atoms with Crippen molar-refractivity contribution in [3.63, 3.8) is 0 Å². The van der Waals surface area contributed by atoms with E-state index in [0.717, 1.165) is 18.3 Å². The van der Waals surface area contributed by atoms with Crippen molar-refractivity contribution in [3.8, 4) is 0 Å². The molecule has 0 aromatic carbocycles. The Morgan fingerprint density at radius 1 is 1.17 bits per heavy atom. The second-order valence-electron chi connectivity index (χ2n) is 9.50. The van der Waals surface area contributed by atoms with Crippen LogP contribution in [0.1, 0.15) is 65.7 Å². The topological polar surface area (TPSA) is 37.3 Å². The highest BCUT2D eigenvalue weighted by Gasteiger charge is 2.61. The first-order valence-corrected chi connectivity index (χ1v) is 9.77.